The molecule has 0 bridgehead atoms. The van der Waals surface area contributed by atoms with Crippen LogP contribution in [0.15, 0.2) is 6.07 Å². The maximum absolute atomic E-state index is 7.11. The number of rotatable bonds is 2. The van der Waals surface area contributed by atoms with Crippen LogP contribution < -0.4 is 0 Å². The van der Waals surface area contributed by atoms with E-state index in [9.17, 15) is 0 Å². The van der Waals surface area contributed by atoms with Gasteiger partial charge in [0.2, 0.25) is 0 Å². The molecule has 1 aromatic heterocycles. The summed E-state index contributed by atoms with van der Waals surface area (Å²) in [5.41, 5.74) is 0.712. The Morgan fingerprint density at radius 3 is 2.71 bits per heavy atom. The van der Waals surface area contributed by atoms with Crippen LogP contribution in [0, 0.1) is 12.5 Å². The Hall–Kier alpha value is -0.850. The van der Waals surface area contributed by atoms with Crippen LogP contribution in [0.25, 0.3) is 4.85 Å². The van der Waals surface area contributed by atoms with Crippen LogP contribution in [-0.4, -0.2) is 10.2 Å². The molecule has 0 aliphatic heterocycles. The molecule has 5 heteroatoms. The van der Waals surface area contributed by atoms with E-state index in [1.165, 1.54) is 0 Å². The third kappa shape index (κ3) is 1.82. The van der Waals surface area contributed by atoms with Gasteiger partial charge in [-0.05, 0) is 18.9 Å². The molecule has 0 aromatic carbocycles. The van der Waals surface area contributed by atoms with Gasteiger partial charge in [-0.2, -0.15) is 0 Å². The zero-order valence-corrected chi connectivity index (χ0v) is 8.76. The monoisotopic (exact) mass is 227 g/mol. The molecule has 1 saturated carbocycles. The molecule has 1 aliphatic rings. The summed E-state index contributed by atoms with van der Waals surface area (Å²) in [4.78, 5) is 3.56. The molecule has 0 saturated heterocycles. The van der Waals surface area contributed by atoms with Crippen molar-refractivity contribution in [2.45, 2.75) is 18.9 Å². The number of halogens is 2. The van der Waals surface area contributed by atoms with Crippen molar-refractivity contribution in [3.8, 4) is 0 Å². The molecule has 3 nitrogen and oxygen atoms in total. The summed E-state index contributed by atoms with van der Waals surface area (Å²) < 4.78 is 0. The Balaban J connectivity index is 2.38. The molecule has 14 heavy (non-hydrogen) atoms. The fraction of sp³-hybridized carbons (Fsp3) is 0.444. The highest BCUT2D eigenvalue weighted by Crippen LogP contribution is 2.45. The smallest absolute Gasteiger partial charge is 0.254 e. The minimum atomic E-state index is -0.199. The highest BCUT2D eigenvalue weighted by Gasteiger charge is 2.39. The molecule has 1 fully saturated rings. The summed E-state index contributed by atoms with van der Waals surface area (Å²) in [6, 6.07) is 1.44. The van der Waals surface area contributed by atoms with Crippen LogP contribution in [0.4, 0.5) is 0 Å². The van der Waals surface area contributed by atoms with Crippen molar-refractivity contribution < 1.29 is 0 Å². The summed E-state index contributed by atoms with van der Waals surface area (Å²) in [6.45, 7) is 7.11. The lowest BCUT2D eigenvalue weighted by Crippen LogP contribution is -1.99. The molecule has 2 rings (SSSR count). The van der Waals surface area contributed by atoms with Gasteiger partial charge in [0.25, 0.3) is 6.04 Å². The van der Waals surface area contributed by atoms with E-state index in [2.05, 4.69) is 15.0 Å². The van der Waals surface area contributed by atoms with E-state index < -0.39 is 0 Å². The van der Waals surface area contributed by atoms with Gasteiger partial charge in [-0.3, -0.25) is 0 Å². The molecule has 1 aliphatic carbocycles. The van der Waals surface area contributed by atoms with E-state index in [0.717, 1.165) is 12.8 Å². The zero-order valence-electron chi connectivity index (χ0n) is 7.24. The predicted octanol–water partition coefficient (Wildman–Crippen LogP) is 3.15. The molecule has 1 atom stereocenters. The lowest BCUT2D eigenvalue weighted by Gasteiger charge is -2.04. The van der Waals surface area contributed by atoms with Gasteiger partial charge in [0.15, 0.2) is 10.3 Å². The van der Waals surface area contributed by atoms with Crippen molar-refractivity contribution in [1.82, 2.24) is 10.2 Å². The summed E-state index contributed by atoms with van der Waals surface area (Å²) in [6.07, 6.45) is 2.17. The Kier molecular flexibility index (Phi) is 2.58. The summed E-state index contributed by atoms with van der Waals surface area (Å²) >= 11 is 11.6. The molecule has 0 radical (unpaired) electrons. The van der Waals surface area contributed by atoms with Crippen molar-refractivity contribution in [2.24, 2.45) is 5.92 Å². The molecular weight excluding hydrogens is 221 g/mol. The Morgan fingerprint density at radius 1 is 1.43 bits per heavy atom. The van der Waals surface area contributed by atoms with Crippen LogP contribution >= 0.6 is 23.2 Å². The number of hydrogen-bond acceptors (Lipinski definition) is 2. The largest absolute Gasteiger partial charge is 0.308 e. The molecule has 0 N–H and O–H groups in total. The Bertz CT molecular complexity index is 396. The second kappa shape index (κ2) is 3.72. The van der Waals surface area contributed by atoms with E-state index >= 15 is 0 Å². The SMILES string of the molecule is [C-]#[N+]C(c1cc(Cl)nnc1Cl)C1CC1. The second-order valence-corrected chi connectivity index (χ2v) is 4.07. The third-order valence-corrected chi connectivity index (χ3v) is 2.75. The lowest BCUT2D eigenvalue weighted by atomic mass is 10.1. The van der Waals surface area contributed by atoms with E-state index in [-0.39, 0.29) is 6.04 Å². The first-order valence-corrected chi connectivity index (χ1v) is 5.03. The predicted molar refractivity (Wildman–Crippen MR) is 54.1 cm³/mol. The number of nitrogens with zero attached hydrogens (tertiary/aromatic N) is 3. The Labute approximate surface area is 91.9 Å². The highest BCUT2D eigenvalue weighted by molar-refractivity contribution is 6.31. The minimum Gasteiger partial charge on any atom is -0.308 e. The molecule has 1 aromatic rings. The highest BCUT2D eigenvalue weighted by atomic mass is 35.5. The van der Waals surface area contributed by atoms with Gasteiger partial charge in [0, 0.05) is 5.92 Å². The van der Waals surface area contributed by atoms with E-state index in [1.54, 1.807) is 6.07 Å². The minimum absolute atomic E-state index is 0.199. The summed E-state index contributed by atoms with van der Waals surface area (Å²) in [5, 5.41) is 7.90. The molecule has 72 valence electrons. The molecule has 0 spiro atoms. The zero-order chi connectivity index (χ0) is 10.1. The third-order valence-electron chi connectivity index (χ3n) is 2.27. The van der Waals surface area contributed by atoms with Crippen LogP contribution in [-0.2, 0) is 0 Å². The first kappa shape index (κ1) is 9.70. The van der Waals surface area contributed by atoms with Crippen LogP contribution in [0.2, 0.25) is 10.3 Å². The maximum atomic E-state index is 7.11. The average molecular weight is 228 g/mol. The second-order valence-electron chi connectivity index (χ2n) is 3.32. The molecular formula is C9H7Cl2N3. The summed E-state index contributed by atoms with van der Waals surface area (Å²) in [7, 11) is 0. The van der Waals surface area contributed by atoms with Gasteiger partial charge in [-0.1, -0.05) is 23.2 Å². The maximum Gasteiger partial charge on any atom is 0.254 e. The van der Waals surface area contributed by atoms with Crippen molar-refractivity contribution in [1.29, 1.82) is 0 Å². The fourth-order valence-corrected chi connectivity index (χ4v) is 1.77. The van der Waals surface area contributed by atoms with Crippen LogP contribution in [0.3, 0.4) is 0 Å². The first-order chi connectivity index (χ1) is 6.72. The van der Waals surface area contributed by atoms with Crippen molar-refractivity contribution in [2.75, 3.05) is 0 Å². The average Bonchev–Trinajstić information content (AvgIpc) is 2.96. The molecule has 1 unspecified atom stereocenters. The van der Waals surface area contributed by atoms with Gasteiger partial charge in [-0.25, -0.2) is 6.57 Å². The topological polar surface area (TPSA) is 30.1 Å². The summed E-state index contributed by atoms with van der Waals surface area (Å²) in [5.74, 6) is 0.422. The van der Waals surface area contributed by atoms with E-state index in [4.69, 9.17) is 29.8 Å². The fourth-order valence-electron chi connectivity index (χ4n) is 1.41. The molecule has 0 amide bonds. The quantitative estimate of drug-likeness (QED) is 0.727. The first-order valence-electron chi connectivity index (χ1n) is 4.27. The standard InChI is InChI=1S/C9H7Cl2N3/c1-12-8(5-2-3-5)6-4-7(10)13-14-9(6)11/h4-5,8H,2-3H2. The van der Waals surface area contributed by atoms with Crippen LogP contribution in [0.1, 0.15) is 24.4 Å². The van der Waals surface area contributed by atoms with Crippen molar-refractivity contribution in [3.63, 3.8) is 0 Å². The van der Waals surface area contributed by atoms with E-state index in [1.807, 2.05) is 0 Å². The van der Waals surface area contributed by atoms with Crippen LogP contribution in [0.5, 0.6) is 0 Å². The van der Waals surface area contributed by atoms with Crippen molar-refractivity contribution >= 4 is 23.2 Å². The molecule has 1 heterocycles. The Morgan fingerprint density at radius 2 is 2.14 bits per heavy atom. The van der Waals surface area contributed by atoms with Gasteiger partial charge < -0.3 is 4.85 Å². The lowest BCUT2D eigenvalue weighted by molar-refractivity contribution is 0.715. The van der Waals surface area contributed by atoms with Gasteiger partial charge in [-0.15, -0.1) is 10.2 Å². The van der Waals surface area contributed by atoms with Gasteiger partial charge >= 0.3 is 0 Å². The van der Waals surface area contributed by atoms with Crippen molar-refractivity contribution in [3.05, 3.63) is 33.4 Å². The van der Waals surface area contributed by atoms with Gasteiger partial charge in [0.05, 0.1) is 5.56 Å². The van der Waals surface area contributed by atoms with E-state index in [0.29, 0.717) is 21.8 Å². The normalized spacial score (nSPS) is 17.5. The number of hydrogen-bond donors (Lipinski definition) is 0. The van der Waals surface area contributed by atoms with Gasteiger partial charge in [0.1, 0.15) is 0 Å². The number of aromatic nitrogens is 2.